The first kappa shape index (κ1) is 12.7. The molecule has 0 bridgehead atoms. The molecule has 2 N–H and O–H groups in total. The maximum atomic E-state index is 6.25. The predicted molar refractivity (Wildman–Crippen MR) is 76.9 cm³/mol. The fraction of sp³-hybridized carbons (Fsp3) is 0.250. The Kier molecular flexibility index (Phi) is 4.00. The van der Waals surface area contributed by atoms with Crippen molar-refractivity contribution in [2.24, 2.45) is 5.73 Å². The van der Waals surface area contributed by atoms with Gasteiger partial charge in [-0.15, -0.1) is 6.58 Å². The van der Waals surface area contributed by atoms with E-state index >= 15 is 0 Å². The molecule has 2 aromatic rings. The van der Waals surface area contributed by atoms with Crippen LogP contribution in [-0.2, 0) is 0 Å². The number of hydrogen-bond donors (Lipinski definition) is 1. The minimum Gasteiger partial charge on any atom is -0.494 e. The second-order valence-electron chi connectivity index (χ2n) is 4.26. The maximum absolute atomic E-state index is 6.25. The summed E-state index contributed by atoms with van der Waals surface area (Å²) in [5.74, 6) is 0.880. The summed E-state index contributed by atoms with van der Waals surface area (Å²) in [7, 11) is 0. The van der Waals surface area contributed by atoms with Gasteiger partial charge in [0, 0.05) is 11.6 Å². The fourth-order valence-corrected chi connectivity index (χ4v) is 2.24. The van der Waals surface area contributed by atoms with Gasteiger partial charge in [0.05, 0.1) is 6.61 Å². The molecule has 0 aliphatic carbocycles. The molecule has 0 aromatic heterocycles. The normalized spacial score (nSPS) is 12.3. The highest BCUT2D eigenvalue weighted by molar-refractivity contribution is 5.88. The van der Waals surface area contributed by atoms with Crippen molar-refractivity contribution in [3.8, 4) is 5.75 Å². The fourth-order valence-electron chi connectivity index (χ4n) is 2.24. The standard InChI is InChI=1S/C16H19NO/c1-3-7-14(17)16-13-9-6-5-8-12(13)10-11-15(16)18-4-2/h3,5-6,8-11,14H,1,4,7,17H2,2H3/t14-/m0/s1. The van der Waals surface area contributed by atoms with Crippen LogP contribution in [0.3, 0.4) is 0 Å². The molecule has 2 nitrogen and oxygen atoms in total. The van der Waals surface area contributed by atoms with E-state index in [0.29, 0.717) is 6.61 Å². The van der Waals surface area contributed by atoms with Crippen LogP contribution < -0.4 is 10.5 Å². The zero-order valence-corrected chi connectivity index (χ0v) is 10.7. The molecule has 2 heteroatoms. The topological polar surface area (TPSA) is 35.2 Å². The van der Waals surface area contributed by atoms with Crippen LogP contribution in [0.2, 0.25) is 0 Å². The van der Waals surface area contributed by atoms with Crippen molar-refractivity contribution < 1.29 is 4.74 Å². The second kappa shape index (κ2) is 5.69. The van der Waals surface area contributed by atoms with Gasteiger partial charge in [0.1, 0.15) is 5.75 Å². The molecule has 0 unspecified atom stereocenters. The van der Waals surface area contributed by atoms with Gasteiger partial charge in [0.15, 0.2) is 0 Å². The lowest BCUT2D eigenvalue weighted by Gasteiger charge is -2.18. The van der Waals surface area contributed by atoms with Crippen molar-refractivity contribution in [1.82, 2.24) is 0 Å². The number of rotatable bonds is 5. The van der Waals surface area contributed by atoms with Gasteiger partial charge in [0.2, 0.25) is 0 Å². The summed E-state index contributed by atoms with van der Waals surface area (Å²) >= 11 is 0. The number of nitrogens with two attached hydrogens (primary N) is 1. The van der Waals surface area contributed by atoms with Crippen molar-refractivity contribution in [2.75, 3.05) is 6.61 Å². The monoisotopic (exact) mass is 241 g/mol. The molecule has 0 saturated heterocycles. The summed E-state index contributed by atoms with van der Waals surface area (Å²) in [6.07, 6.45) is 2.59. The molecular formula is C16H19NO. The molecule has 0 saturated carbocycles. The maximum Gasteiger partial charge on any atom is 0.124 e. The third kappa shape index (κ3) is 2.39. The van der Waals surface area contributed by atoms with Gasteiger partial charge in [-0.05, 0) is 30.2 Å². The van der Waals surface area contributed by atoms with Crippen LogP contribution in [0.4, 0.5) is 0 Å². The lowest BCUT2D eigenvalue weighted by atomic mass is 9.96. The first-order valence-corrected chi connectivity index (χ1v) is 6.28. The van der Waals surface area contributed by atoms with E-state index in [1.54, 1.807) is 0 Å². The molecule has 0 aliphatic rings. The largest absolute Gasteiger partial charge is 0.494 e. The first-order valence-electron chi connectivity index (χ1n) is 6.28. The van der Waals surface area contributed by atoms with Gasteiger partial charge >= 0.3 is 0 Å². The summed E-state index contributed by atoms with van der Waals surface area (Å²) in [4.78, 5) is 0. The van der Waals surface area contributed by atoms with E-state index < -0.39 is 0 Å². The van der Waals surface area contributed by atoms with Gasteiger partial charge in [0.25, 0.3) is 0 Å². The van der Waals surface area contributed by atoms with Gasteiger partial charge in [-0.25, -0.2) is 0 Å². The van der Waals surface area contributed by atoms with E-state index in [1.807, 2.05) is 31.2 Å². The Bertz CT molecular complexity index is 548. The third-order valence-corrected chi connectivity index (χ3v) is 3.02. The van der Waals surface area contributed by atoms with Crippen molar-refractivity contribution in [3.05, 3.63) is 54.6 Å². The molecule has 2 rings (SSSR count). The highest BCUT2D eigenvalue weighted by atomic mass is 16.5. The Morgan fingerprint density at radius 3 is 2.78 bits per heavy atom. The summed E-state index contributed by atoms with van der Waals surface area (Å²) in [5, 5.41) is 2.35. The Balaban J connectivity index is 2.61. The van der Waals surface area contributed by atoms with Crippen LogP contribution in [0.1, 0.15) is 24.9 Å². The highest BCUT2D eigenvalue weighted by Crippen LogP contribution is 2.33. The molecule has 0 amide bonds. The third-order valence-electron chi connectivity index (χ3n) is 3.02. The molecule has 0 radical (unpaired) electrons. The first-order chi connectivity index (χ1) is 8.77. The molecule has 0 spiro atoms. The smallest absolute Gasteiger partial charge is 0.124 e. The Morgan fingerprint density at radius 2 is 2.06 bits per heavy atom. The van der Waals surface area contributed by atoms with E-state index in [0.717, 1.165) is 23.1 Å². The second-order valence-corrected chi connectivity index (χ2v) is 4.26. The van der Waals surface area contributed by atoms with Crippen LogP contribution in [0.15, 0.2) is 49.1 Å². The molecule has 0 fully saturated rings. The van der Waals surface area contributed by atoms with E-state index in [-0.39, 0.29) is 6.04 Å². The lowest BCUT2D eigenvalue weighted by molar-refractivity contribution is 0.335. The Hall–Kier alpha value is -1.80. The van der Waals surface area contributed by atoms with E-state index in [4.69, 9.17) is 10.5 Å². The molecule has 1 atom stereocenters. The van der Waals surface area contributed by atoms with Crippen molar-refractivity contribution >= 4 is 10.8 Å². The van der Waals surface area contributed by atoms with Crippen molar-refractivity contribution in [2.45, 2.75) is 19.4 Å². The molecule has 0 aliphatic heterocycles. The van der Waals surface area contributed by atoms with Gasteiger partial charge in [-0.2, -0.15) is 0 Å². The summed E-state index contributed by atoms with van der Waals surface area (Å²) in [6, 6.07) is 12.3. The number of benzene rings is 2. The Morgan fingerprint density at radius 1 is 1.28 bits per heavy atom. The van der Waals surface area contributed by atoms with E-state index in [1.165, 1.54) is 5.39 Å². The Labute approximate surface area is 108 Å². The van der Waals surface area contributed by atoms with Gasteiger partial charge in [-0.3, -0.25) is 0 Å². The van der Waals surface area contributed by atoms with Gasteiger partial charge in [-0.1, -0.05) is 36.4 Å². The lowest BCUT2D eigenvalue weighted by Crippen LogP contribution is -2.12. The summed E-state index contributed by atoms with van der Waals surface area (Å²) < 4.78 is 5.70. The van der Waals surface area contributed by atoms with Crippen LogP contribution >= 0.6 is 0 Å². The van der Waals surface area contributed by atoms with Crippen molar-refractivity contribution in [3.63, 3.8) is 0 Å². The SMILES string of the molecule is C=CC[C@H](N)c1c(OCC)ccc2ccccc12. The molecule has 18 heavy (non-hydrogen) atoms. The quantitative estimate of drug-likeness (QED) is 0.808. The number of fused-ring (bicyclic) bond motifs is 1. The zero-order valence-electron chi connectivity index (χ0n) is 10.7. The molecular weight excluding hydrogens is 222 g/mol. The van der Waals surface area contributed by atoms with E-state index in [2.05, 4.69) is 24.8 Å². The molecule has 2 aromatic carbocycles. The van der Waals surface area contributed by atoms with Crippen LogP contribution in [0.25, 0.3) is 10.8 Å². The van der Waals surface area contributed by atoms with E-state index in [9.17, 15) is 0 Å². The minimum atomic E-state index is -0.0739. The summed E-state index contributed by atoms with van der Waals surface area (Å²) in [6.45, 7) is 6.39. The molecule has 94 valence electrons. The highest BCUT2D eigenvalue weighted by Gasteiger charge is 2.14. The van der Waals surface area contributed by atoms with Crippen molar-refractivity contribution in [1.29, 1.82) is 0 Å². The minimum absolute atomic E-state index is 0.0739. The average molecular weight is 241 g/mol. The summed E-state index contributed by atoms with van der Waals surface area (Å²) in [5.41, 5.74) is 7.33. The zero-order chi connectivity index (χ0) is 13.0. The van der Waals surface area contributed by atoms with Crippen LogP contribution in [0.5, 0.6) is 5.75 Å². The van der Waals surface area contributed by atoms with Crippen LogP contribution in [-0.4, -0.2) is 6.61 Å². The van der Waals surface area contributed by atoms with Crippen LogP contribution in [0, 0.1) is 0 Å². The number of hydrogen-bond acceptors (Lipinski definition) is 2. The van der Waals surface area contributed by atoms with Gasteiger partial charge < -0.3 is 10.5 Å². The predicted octanol–water partition coefficient (Wildman–Crippen LogP) is 3.81. The average Bonchev–Trinajstić information content (AvgIpc) is 2.39. The number of ether oxygens (including phenoxy) is 1. The molecule has 0 heterocycles.